The van der Waals surface area contributed by atoms with E-state index >= 15 is 0 Å². The summed E-state index contributed by atoms with van der Waals surface area (Å²) in [4.78, 5) is 24.5. The number of carbonyl (C=O) groups excluding carboxylic acids is 2. The van der Waals surface area contributed by atoms with Crippen LogP contribution in [0.15, 0.2) is 23.3 Å². The molecular weight excluding hydrogens is 288 g/mol. The maximum absolute atomic E-state index is 12.4. The number of allylic oxidation sites excluding steroid dienone is 4. The van der Waals surface area contributed by atoms with E-state index in [2.05, 4.69) is 19.9 Å². The maximum atomic E-state index is 12.4. The molecule has 1 N–H and O–H groups in total. The average molecular weight is 314 g/mol. The fourth-order valence-corrected chi connectivity index (χ4v) is 6.39. The second-order valence-electron chi connectivity index (χ2n) is 8.63. The highest BCUT2D eigenvalue weighted by molar-refractivity contribution is 6.05. The van der Waals surface area contributed by atoms with Crippen LogP contribution in [0.4, 0.5) is 0 Å². The SMILES string of the molecule is CC1=C[C@@]2(C)C(=CC1=O)CC[C@@H]1[C@@H]2[C@@H](O)C[C@]2(C)C(=O)CC[C@@H]12. The van der Waals surface area contributed by atoms with Gasteiger partial charge in [-0.25, -0.2) is 0 Å². The Morgan fingerprint density at radius 2 is 1.91 bits per heavy atom. The van der Waals surface area contributed by atoms with Crippen molar-refractivity contribution < 1.29 is 14.7 Å². The summed E-state index contributed by atoms with van der Waals surface area (Å²) in [7, 11) is 0. The largest absolute Gasteiger partial charge is 0.393 e. The van der Waals surface area contributed by atoms with Crippen molar-refractivity contribution in [3.8, 4) is 0 Å². The summed E-state index contributed by atoms with van der Waals surface area (Å²) in [6.45, 7) is 6.14. The number of hydrogen-bond acceptors (Lipinski definition) is 3. The zero-order valence-corrected chi connectivity index (χ0v) is 14.3. The van der Waals surface area contributed by atoms with Crippen LogP contribution in [0.3, 0.4) is 0 Å². The number of fused-ring (bicyclic) bond motifs is 5. The van der Waals surface area contributed by atoms with Gasteiger partial charge in [0.2, 0.25) is 0 Å². The Morgan fingerprint density at radius 3 is 2.65 bits per heavy atom. The first-order valence-electron chi connectivity index (χ1n) is 8.93. The van der Waals surface area contributed by atoms with Crippen molar-refractivity contribution in [2.45, 2.75) is 59.0 Å². The lowest BCUT2D eigenvalue weighted by molar-refractivity contribution is -0.142. The van der Waals surface area contributed by atoms with Crippen molar-refractivity contribution in [3.05, 3.63) is 23.3 Å². The van der Waals surface area contributed by atoms with Crippen molar-refractivity contribution in [2.75, 3.05) is 0 Å². The number of rotatable bonds is 0. The summed E-state index contributed by atoms with van der Waals surface area (Å²) in [5.41, 5.74) is 1.41. The molecule has 23 heavy (non-hydrogen) atoms. The van der Waals surface area contributed by atoms with Crippen molar-refractivity contribution in [1.29, 1.82) is 0 Å². The molecule has 0 amide bonds. The first kappa shape index (κ1) is 15.3. The van der Waals surface area contributed by atoms with Crippen LogP contribution in [-0.2, 0) is 9.59 Å². The summed E-state index contributed by atoms with van der Waals surface area (Å²) < 4.78 is 0. The number of carbonyl (C=O) groups is 2. The molecule has 0 aromatic carbocycles. The molecule has 0 radical (unpaired) electrons. The third kappa shape index (κ3) is 1.86. The van der Waals surface area contributed by atoms with Gasteiger partial charge in [-0.1, -0.05) is 25.5 Å². The molecule has 0 saturated heterocycles. The third-order valence-corrected chi connectivity index (χ3v) is 7.51. The zero-order valence-electron chi connectivity index (χ0n) is 14.3. The van der Waals surface area contributed by atoms with E-state index in [1.807, 2.05) is 13.0 Å². The topological polar surface area (TPSA) is 54.4 Å². The number of ketones is 2. The highest BCUT2D eigenvalue weighted by Crippen LogP contribution is 2.63. The lowest BCUT2D eigenvalue weighted by Crippen LogP contribution is -2.56. The van der Waals surface area contributed by atoms with Crippen molar-refractivity contribution in [2.24, 2.45) is 28.6 Å². The van der Waals surface area contributed by atoms with Crippen LogP contribution in [-0.4, -0.2) is 22.8 Å². The highest BCUT2D eigenvalue weighted by Gasteiger charge is 2.61. The smallest absolute Gasteiger partial charge is 0.181 e. The fourth-order valence-electron chi connectivity index (χ4n) is 6.39. The van der Waals surface area contributed by atoms with Gasteiger partial charge in [-0.05, 0) is 56.1 Å². The summed E-state index contributed by atoms with van der Waals surface area (Å²) in [6.07, 6.45) is 7.59. The van der Waals surface area contributed by atoms with E-state index in [1.165, 1.54) is 5.57 Å². The van der Waals surface area contributed by atoms with Gasteiger partial charge < -0.3 is 5.11 Å². The van der Waals surface area contributed by atoms with Crippen LogP contribution in [0.2, 0.25) is 0 Å². The maximum Gasteiger partial charge on any atom is 0.181 e. The molecule has 3 nitrogen and oxygen atoms in total. The quantitative estimate of drug-likeness (QED) is 0.747. The summed E-state index contributed by atoms with van der Waals surface area (Å²) in [5, 5.41) is 11.0. The third-order valence-electron chi connectivity index (χ3n) is 7.51. The standard InChI is InChI=1S/C20H26O3/c1-11-9-19(2)12(8-15(11)21)4-5-13-14-6-7-17(23)20(14,3)10-16(22)18(13)19/h8-9,13-14,16,18,22H,4-7,10H2,1-3H3/t13-,14-,16-,18+,19-,20-/m0/s1. The monoisotopic (exact) mass is 314 g/mol. The molecule has 0 spiro atoms. The molecule has 3 heteroatoms. The molecule has 0 bridgehead atoms. The van der Waals surface area contributed by atoms with Crippen LogP contribution in [0.25, 0.3) is 0 Å². The Balaban J connectivity index is 1.79. The van der Waals surface area contributed by atoms with Gasteiger partial charge in [0.05, 0.1) is 6.10 Å². The fraction of sp³-hybridized carbons (Fsp3) is 0.700. The van der Waals surface area contributed by atoms with Gasteiger partial charge in [0.15, 0.2) is 5.78 Å². The Kier molecular flexibility index (Phi) is 3.10. The average Bonchev–Trinajstić information content (AvgIpc) is 2.76. The zero-order chi connectivity index (χ0) is 16.6. The van der Waals surface area contributed by atoms with E-state index in [0.717, 1.165) is 24.8 Å². The predicted molar refractivity (Wildman–Crippen MR) is 87.6 cm³/mol. The van der Waals surface area contributed by atoms with Crippen molar-refractivity contribution in [3.63, 3.8) is 0 Å². The molecule has 0 heterocycles. The highest BCUT2D eigenvalue weighted by atomic mass is 16.3. The molecule has 4 aliphatic rings. The van der Waals surface area contributed by atoms with E-state index in [9.17, 15) is 14.7 Å². The van der Waals surface area contributed by atoms with Crippen molar-refractivity contribution >= 4 is 11.6 Å². The Hall–Kier alpha value is -1.22. The van der Waals surface area contributed by atoms with Crippen LogP contribution < -0.4 is 0 Å². The molecule has 4 aliphatic carbocycles. The van der Waals surface area contributed by atoms with E-state index in [0.29, 0.717) is 30.5 Å². The van der Waals surface area contributed by atoms with Crippen LogP contribution in [0, 0.1) is 28.6 Å². The minimum Gasteiger partial charge on any atom is -0.393 e. The summed E-state index contributed by atoms with van der Waals surface area (Å²) >= 11 is 0. The minimum absolute atomic E-state index is 0.113. The van der Waals surface area contributed by atoms with E-state index < -0.39 is 6.10 Å². The number of Topliss-reactive ketones (excluding diaryl/α,β-unsaturated/α-hetero) is 1. The van der Waals surface area contributed by atoms with Gasteiger partial charge in [0.25, 0.3) is 0 Å². The lowest BCUT2D eigenvalue weighted by atomic mass is 9.47. The van der Waals surface area contributed by atoms with Gasteiger partial charge >= 0.3 is 0 Å². The van der Waals surface area contributed by atoms with Crippen LogP contribution in [0.1, 0.15) is 52.9 Å². The molecule has 3 fully saturated rings. The Morgan fingerprint density at radius 1 is 1.17 bits per heavy atom. The number of aliphatic hydroxyl groups is 1. The normalized spacial score (nSPS) is 49.0. The Labute approximate surface area is 137 Å². The Bertz CT molecular complexity index is 658. The molecule has 0 aromatic heterocycles. The molecule has 3 saturated carbocycles. The first-order valence-corrected chi connectivity index (χ1v) is 8.93. The molecule has 4 rings (SSSR count). The van der Waals surface area contributed by atoms with Crippen LogP contribution in [0.5, 0.6) is 0 Å². The molecule has 124 valence electrons. The number of hydrogen-bond donors (Lipinski definition) is 1. The first-order chi connectivity index (χ1) is 10.8. The van der Waals surface area contributed by atoms with E-state index in [1.54, 1.807) is 0 Å². The summed E-state index contributed by atoms with van der Waals surface area (Å²) in [6, 6.07) is 0. The van der Waals surface area contributed by atoms with Gasteiger partial charge in [0, 0.05) is 23.2 Å². The second kappa shape index (κ2) is 4.66. The predicted octanol–water partition coefficient (Wildman–Crippen LogP) is 3.22. The van der Waals surface area contributed by atoms with Crippen LogP contribution >= 0.6 is 0 Å². The summed E-state index contributed by atoms with van der Waals surface area (Å²) in [5.74, 6) is 1.37. The van der Waals surface area contributed by atoms with Gasteiger partial charge in [-0.3, -0.25) is 9.59 Å². The number of aliphatic hydroxyl groups excluding tert-OH is 1. The van der Waals surface area contributed by atoms with E-state index in [-0.39, 0.29) is 22.5 Å². The minimum atomic E-state index is -0.464. The molecular formula is C20H26O3. The molecule has 0 aromatic rings. The molecule has 0 unspecified atom stereocenters. The molecule has 0 aliphatic heterocycles. The second-order valence-corrected chi connectivity index (χ2v) is 8.63. The van der Waals surface area contributed by atoms with Gasteiger partial charge in [-0.2, -0.15) is 0 Å². The molecule has 6 atom stereocenters. The van der Waals surface area contributed by atoms with Gasteiger partial charge in [-0.15, -0.1) is 0 Å². The van der Waals surface area contributed by atoms with Gasteiger partial charge in [0.1, 0.15) is 5.78 Å². The lowest BCUT2D eigenvalue weighted by Gasteiger charge is -2.57. The van der Waals surface area contributed by atoms with E-state index in [4.69, 9.17) is 0 Å². The van der Waals surface area contributed by atoms with Crippen molar-refractivity contribution in [1.82, 2.24) is 0 Å².